The number of para-hydroxylation sites is 1. The summed E-state index contributed by atoms with van der Waals surface area (Å²) in [5, 5.41) is 3.22. The van der Waals surface area contributed by atoms with Gasteiger partial charge in [0.1, 0.15) is 12.4 Å². The molecule has 2 aliphatic heterocycles. The number of nitrogens with one attached hydrogen (secondary N) is 1. The van der Waals surface area contributed by atoms with Gasteiger partial charge in [0.25, 0.3) is 0 Å². The summed E-state index contributed by atoms with van der Waals surface area (Å²) in [6, 6.07) is 8.39. The normalized spacial score (nSPS) is 25.1. The first kappa shape index (κ1) is 14.4. The second-order valence-corrected chi connectivity index (χ2v) is 6.06. The lowest BCUT2D eigenvalue weighted by Crippen LogP contribution is -2.51. The largest absolute Gasteiger partial charge is 0.492 e. The van der Waals surface area contributed by atoms with Crippen molar-refractivity contribution >= 4 is 5.91 Å². The number of likely N-dealkylation sites (N-methyl/N-ethyl adjacent to an activating group) is 1. The van der Waals surface area contributed by atoms with Gasteiger partial charge in [-0.25, -0.2) is 0 Å². The number of hydrogen-bond donors (Lipinski definition) is 1. The fourth-order valence-electron chi connectivity index (χ4n) is 3.46. The summed E-state index contributed by atoms with van der Waals surface area (Å²) in [5.41, 5.74) is 1.16. The second kappa shape index (κ2) is 6.48. The maximum absolute atomic E-state index is 12.9. The molecule has 0 aliphatic carbocycles. The molecular weight excluding hydrogens is 264 g/mol. The van der Waals surface area contributed by atoms with E-state index >= 15 is 0 Å². The van der Waals surface area contributed by atoms with Gasteiger partial charge in [-0.05, 0) is 44.4 Å². The SMILES string of the molecule is CNCC1CCCCN1C(=O)C1COc2ccccc2C1. The van der Waals surface area contributed by atoms with Crippen LogP contribution in [0.4, 0.5) is 0 Å². The Morgan fingerprint density at radius 1 is 1.38 bits per heavy atom. The molecule has 1 N–H and O–H groups in total. The highest BCUT2D eigenvalue weighted by atomic mass is 16.5. The number of carbonyl (C=O) groups excluding carboxylic acids is 1. The van der Waals surface area contributed by atoms with E-state index in [9.17, 15) is 4.79 Å². The first-order valence-corrected chi connectivity index (χ1v) is 7.95. The van der Waals surface area contributed by atoms with E-state index in [1.165, 1.54) is 6.42 Å². The van der Waals surface area contributed by atoms with Gasteiger partial charge in [-0.2, -0.15) is 0 Å². The van der Waals surface area contributed by atoms with Crippen molar-refractivity contribution in [3.8, 4) is 5.75 Å². The molecule has 0 aromatic heterocycles. The minimum Gasteiger partial charge on any atom is -0.492 e. The van der Waals surface area contributed by atoms with Crippen LogP contribution < -0.4 is 10.1 Å². The zero-order valence-corrected chi connectivity index (χ0v) is 12.7. The first-order valence-electron chi connectivity index (χ1n) is 7.95. The predicted octanol–water partition coefficient (Wildman–Crippen LogP) is 1.84. The van der Waals surface area contributed by atoms with Crippen molar-refractivity contribution in [2.75, 3.05) is 26.7 Å². The van der Waals surface area contributed by atoms with Crippen LogP contribution in [0.1, 0.15) is 24.8 Å². The number of carbonyl (C=O) groups is 1. The van der Waals surface area contributed by atoms with Crippen molar-refractivity contribution in [2.24, 2.45) is 5.92 Å². The maximum Gasteiger partial charge on any atom is 0.229 e. The molecule has 1 amide bonds. The summed E-state index contributed by atoms with van der Waals surface area (Å²) >= 11 is 0. The van der Waals surface area contributed by atoms with Crippen LogP contribution in [0, 0.1) is 5.92 Å². The van der Waals surface area contributed by atoms with Crippen molar-refractivity contribution < 1.29 is 9.53 Å². The van der Waals surface area contributed by atoms with Gasteiger partial charge < -0.3 is 15.0 Å². The third kappa shape index (κ3) is 3.05. The number of benzene rings is 1. The minimum absolute atomic E-state index is 0.0302. The second-order valence-electron chi connectivity index (χ2n) is 6.06. The van der Waals surface area contributed by atoms with Crippen LogP contribution in [0.2, 0.25) is 0 Å². The van der Waals surface area contributed by atoms with Crippen molar-refractivity contribution in [1.82, 2.24) is 10.2 Å². The zero-order chi connectivity index (χ0) is 14.7. The van der Waals surface area contributed by atoms with Crippen LogP contribution in [0.3, 0.4) is 0 Å². The monoisotopic (exact) mass is 288 g/mol. The van der Waals surface area contributed by atoms with E-state index in [0.29, 0.717) is 12.6 Å². The molecule has 2 unspecified atom stereocenters. The first-order chi connectivity index (χ1) is 10.3. The Labute approximate surface area is 126 Å². The van der Waals surface area contributed by atoms with Gasteiger partial charge in [0.15, 0.2) is 0 Å². The molecule has 21 heavy (non-hydrogen) atoms. The van der Waals surface area contributed by atoms with Crippen molar-refractivity contribution in [3.63, 3.8) is 0 Å². The molecule has 1 aromatic rings. The number of likely N-dealkylation sites (tertiary alicyclic amines) is 1. The fraction of sp³-hybridized carbons (Fsp3) is 0.588. The van der Waals surface area contributed by atoms with Crippen LogP contribution in [0.15, 0.2) is 24.3 Å². The summed E-state index contributed by atoms with van der Waals surface area (Å²) in [7, 11) is 1.96. The van der Waals surface area contributed by atoms with Gasteiger partial charge in [-0.15, -0.1) is 0 Å². The highest BCUT2D eigenvalue weighted by molar-refractivity contribution is 5.80. The molecule has 0 radical (unpaired) electrons. The number of amides is 1. The lowest BCUT2D eigenvalue weighted by Gasteiger charge is -2.38. The van der Waals surface area contributed by atoms with E-state index in [-0.39, 0.29) is 11.8 Å². The van der Waals surface area contributed by atoms with Crippen LogP contribution in [-0.2, 0) is 11.2 Å². The third-order valence-corrected chi connectivity index (χ3v) is 4.58. The smallest absolute Gasteiger partial charge is 0.229 e. The Kier molecular flexibility index (Phi) is 4.44. The van der Waals surface area contributed by atoms with Gasteiger partial charge in [-0.3, -0.25) is 4.79 Å². The Balaban J connectivity index is 1.70. The Hall–Kier alpha value is -1.55. The lowest BCUT2D eigenvalue weighted by atomic mass is 9.93. The fourth-order valence-corrected chi connectivity index (χ4v) is 3.46. The number of nitrogens with zero attached hydrogens (tertiary/aromatic N) is 1. The molecule has 4 nitrogen and oxygen atoms in total. The number of rotatable bonds is 3. The molecule has 4 heteroatoms. The number of hydrogen-bond acceptors (Lipinski definition) is 3. The molecule has 114 valence electrons. The summed E-state index contributed by atoms with van der Waals surface area (Å²) in [5.74, 6) is 1.17. The van der Waals surface area contributed by atoms with Crippen LogP contribution >= 0.6 is 0 Å². The molecule has 2 atom stereocenters. The molecule has 2 heterocycles. The summed E-state index contributed by atoms with van der Waals surface area (Å²) in [6.45, 7) is 2.29. The third-order valence-electron chi connectivity index (χ3n) is 4.58. The van der Waals surface area contributed by atoms with Crippen molar-refractivity contribution in [2.45, 2.75) is 31.7 Å². The van der Waals surface area contributed by atoms with E-state index in [4.69, 9.17) is 4.74 Å². The summed E-state index contributed by atoms with van der Waals surface area (Å²) in [6.07, 6.45) is 4.25. The minimum atomic E-state index is -0.0302. The van der Waals surface area contributed by atoms with Gasteiger partial charge in [-0.1, -0.05) is 18.2 Å². The average Bonchev–Trinajstić information content (AvgIpc) is 2.54. The average molecular weight is 288 g/mol. The summed E-state index contributed by atoms with van der Waals surface area (Å²) in [4.78, 5) is 15.0. The molecule has 0 spiro atoms. The Morgan fingerprint density at radius 3 is 3.10 bits per heavy atom. The van der Waals surface area contributed by atoms with Crippen LogP contribution in [0.5, 0.6) is 5.75 Å². The van der Waals surface area contributed by atoms with E-state index in [1.807, 2.05) is 25.2 Å². The standard InChI is InChI=1S/C17H24N2O2/c1-18-11-15-7-4-5-9-19(15)17(20)14-10-13-6-2-3-8-16(13)21-12-14/h2-3,6,8,14-15,18H,4-5,7,9-12H2,1H3. The van der Waals surface area contributed by atoms with E-state index < -0.39 is 0 Å². The van der Waals surface area contributed by atoms with E-state index in [0.717, 1.165) is 43.7 Å². The van der Waals surface area contributed by atoms with Gasteiger partial charge in [0.05, 0.1) is 5.92 Å². The Bertz CT molecular complexity index is 501. The molecule has 2 aliphatic rings. The highest BCUT2D eigenvalue weighted by Gasteiger charge is 2.33. The number of ether oxygens (including phenoxy) is 1. The van der Waals surface area contributed by atoms with E-state index in [1.54, 1.807) is 0 Å². The topological polar surface area (TPSA) is 41.6 Å². The van der Waals surface area contributed by atoms with Crippen LogP contribution in [-0.4, -0.2) is 43.6 Å². The molecule has 3 rings (SSSR count). The van der Waals surface area contributed by atoms with Crippen molar-refractivity contribution in [3.05, 3.63) is 29.8 Å². The highest BCUT2D eigenvalue weighted by Crippen LogP contribution is 2.29. The molecule has 1 aromatic carbocycles. The number of fused-ring (bicyclic) bond motifs is 1. The molecule has 1 fully saturated rings. The van der Waals surface area contributed by atoms with Crippen molar-refractivity contribution in [1.29, 1.82) is 0 Å². The quantitative estimate of drug-likeness (QED) is 0.923. The van der Waals surface area contributed by atoms with Gasteiger partial charge in [0, 0.05) is 19.1 Å². The summed E-state index contributed by atoms with van der Waals surface area (Å²) < 4.78 is 5.78. The lowest BCUT2D eigenvalue weighted by molar-refractivity contribution is -0.140. The molecular formula is C17H24N2O2. The van der Waals surface area contributed by atoms with Gasteiger partial charge >= 0.3 is 0 Å². The van der Waals surface area contributed by atoms with E-state index in [2.05, 4.69) is 16.3 Å². The van der Waals surface area contributed by atoms with Crippen LogP contribution in [0.25, 0.3) is 0 Å². The zero-order valence-electron chi connectivity index (χ0n) is 12.7. The predicted molar refractivity (Wildman–Crippen MR) is 82.4 cm³/mol. The molecule has 0 bridgehead atoms. The number of piperidine rings is 1. The molecule has 0 saturated carbocycles. The van der Waals surface area contributed by atoms with Gasteiger partial charge in [0.2, 0.25) is 5.91 Å². The Morgan fingerprint density at radius 2 is 2.24 bits per heavy atom. The molecule has 1 saturated heterocycles. The maximum atomic E-state index is 12.9.